The van der Waals surface area contributed by atoms with E-state index in [0.29, 0.717) is 17.7 Å². The smallest absolute Gasteiger partial charge is 0.383 e. The number of ether oxygens (including phenoxy) is 3. The second-order valence-electron chi connectivity index (χ2n) is 6.66. The zero-order chi connectivity index (χ0) is 20.7. The number of hydrogen-bond donors (Lipinski definition) is 0. The van der Waals surface area contributed by atoms with E-state index < -0.39 is 11.6 Å². The third kappa shape index (κ3) is 5.49. The van der Waals surface area contributed by atoms with Crippen LogP contribution >= 0.6 is 0 Å². The quantitative estimate of drug-likeness (QED) is 0.369. The van der Waals surface area contributed by atoms with Gasteiger partial charge in [0.25, 0.3) is 5.75 Å². The summed E-state index contributed by atoms with van der Waals surface area (Å²) in [7, 11) is 1.40. The molecule has 0 spiro atoms. The van der Waals surface area contributed by atoms with Crippen molar-refractivity contribution in [3.8, 4) is 17.2 Å². The summed E-state index contributed by atoms with van der Waals surface area (Å²) in [6.45, 7) is 7.77. The second-order valence-corrected chi connectivity index (χ2v) is 6.66. The molecule has 0 atom stereocenters. The summed E-state index contributed by atoms with van der Waals surface area (Å²) in [6.07, 6.45) is 6.15. The highest BCUT2D eigenvalue weighted by Crippen LogP contribution is 2.36. The fourth-order valence-electron chi connectivity index (χ4n) is 2.67. The molecule has 1 heterocycles. The average Bonchev–Trinajstić information content (AvgIpc) is 2.62. The summed E-state index contributed by atoms with van der Waals surface area (Å²) in [5.41, 5.74) is 1.96. The molecule has 0 radical (unpaired) electrons. The Balaban J connectivity index is 2.27. The zero-order valence-corrected chi connectivity index (χ0v) is 17.0. The average molecular weight is 386 g/mol. The Morgan fingerprint density at radius 3 is 2.50 bits per heavy atom. The predicted octanol–water partition coefficient (Wildman–Crippen LogP) is 4.80. The van der Waals surface area contributed by atoms with E-state index in [4.69, 9.17) is 18.6 Å². The molecule has 28 heavy (non-hydrogen) atoms. The van der Waals surface area contributed by atoms with Gasteiger partial charge in [-0.15, -0.1) is 0 Å². The number of rotatable bonds is 8. The predicted molar refractivity (Wildman–Crippen MR) is 108 cm³/mol. The van der Waals surface area contributed by atoms with Crippen molar-refractivity contribution in [3.63, 3.8) is 0 Å². The molecule has 1 aromatic heterocycles. The Labute approximate surface area is 164 Å². The molecule has 2 aromatic rings. The summed E-state index contributed by atoms with van der Waals surface area (Å²) in [5, 5.41) is 0.486. The number of para-hydroxylation sites is 1. The van der Waals surface area contributed by atoms with Gasteiger partial charge in [0.15, 0.2) is 17.1 Å². The third-order valence-electron chi connectivity index (χ3n) is 4.02. The summed E-state index contributed by atoms with van der Waals surface area (Å²) in [4.78, 5) is 23.5. The van der Waals surface area contributed by atoms with E-state index in [9.17, 15) is 9.59 Å². The topological polar surface area (TPSA) is 75.0 Å². The lowest BCUT2D eigenvalue weighted by atomic mass is 10.1. The molecule has 6 heteroatoms. The third-order valence-corrected chi connectivity index (χ3v) is 4.02. The van der Waals surface area contributed by atoms with Gasteiger partial charge in [0.1, 0.15) is 6.61 Å². The normalized spacial score (nSPS) is 11.2. The minimum atomic E-state index is -0.802. The number of carbonyl (C=O) groups excluding carboxylic acids is 1. The molecule has 0 bridgehead atoms. The van der Waals surface area contributed by atoms with Crippen molar-refractivity contribution in [1.29, 1.82) is 0 Å². The van der Waals surface area contributed by atoms with E-state index in [0.717, 1.165) is 12.8 Å². The number of fused-ring (bicyclic) bond motifs is 1. The van der Waals surface area contributed by atoms with Crippen LogP contribution in [0.25, 0.3) is 11.0 Å². The van der Waals surface area contributed by atoms with E-state index in [2.05, 4.69) is 26.8 Å². The maximum absolute atomic E-state index is 12.3. The number of allylic oxidation sites excluding steroid dienone is 3. The minimum Gasteiger partial charge on any atom is -0.492 e. The highest BCUT2D eigenvalue weighted by Gasteiger charge is 2.20. The van der Waals surface area contributed by atoms with Crippen LogP contribution in [0.5, 0.6) is 17.2 Å². The van der Waals surface area contributed by atoms with Crippen molar-refractivity contribution in [2.75, 3.05) is 13.7 Å². The number of hydrogen-bond acceptors (Lipinski definition) is 6. The van der Waals surface area contributed by atoms with Crippen LogP contribution in [0.15, 0.2) is 50.7 Å². The molecule has 6 nitrogen and oxygen atoms in total. The molecule has 0 saturated carbocycles. The van der Waals surface area contributed by atoms with Gasteiger partial charge in [0, 0.05) is 6.92 Å². The molecule has 0 fully saturated rings. The van der Waals surface area contributed by atoms with Crippen molar-refractivity contribution in [2.45, 2.75) is 40.5 Å². The Hall–Kier alpha value is -3.02. The molecule has 0 aliphatic heterocycles. The first kappa shape index (κ1) is 21.3. The van der Waals surface area contributed by atoms with Gasteiger partial charge in [0.05, 0.1) is 12.5 Å². The van der Waals surface area contributed by atoms with Gasteiger partial charge in [0.2, 0.25) is 0 Å². The standard InChI is InChI=1S/C22H26O6/c1-14(2)8-6-9-15(3)12-13-26-18-11-7-10-17-19(18)28-22(24)21(20(17)25-5)27-16(4)23/h7-8,10-12H,6,9,13H2,1-5H3. The molecule has 0 saturated heterocycles. The first-order valence-electron chi connectivity index (χ1n) is 9.07. The van der Waals surface area contributed by atoms with Crippen LogP contribution < -0.4 is 19.8 Å². The van der Waals surface area contributed by atoms with Gasteiger partial charge < -0.3 is 18.6 Å². The number of esters is 1. The Kier molecular flexibility index (Phi) is 7.44. The van der Waals surface area contributed by atoms with Crippen molar-refractivity contribution < 1.29 is 23.4 Å². The lowest BCUT2D eigenvalue weighted by Crippen LogP contribution is -2.13. The van der Waals surface area contributed by atoms with Gasteiger partial charge in [-0.2, -0.15) is 0 Å². The van der Waals surface area contributed by atoms with Crippen molar-refractivity contribution in [1.82, 2.24) is 0 Å². The molecular weight excluding hydrogens is 360 g/mol. The Morgan fingerprint density at radius 1 is 1.11 bits per heavy atom. The van der Waals surface area contributed by atoms with Crippen LogP contribution in [-0.2, 0) is 4.79 Å². The van der Waals surface area contributed by atoms with E-state index in [1.54, 1.807) is 18.2 Å². The van der Waals surface area contributed by atoms with Crippen LogP contribution in [-0.4, -0.2) is 19.7 Å². The number of methoxy groups -OCH3 is 1. The summed E-state index contributed by atoms with van der Waals surface area (Å²) >= 11 is 0. The number of carbonyl (C=O) groups is 1. The molecule has 150 valence electrons. The Bertz CT molecular complexity index is 961. The van der Waals surface area contributed by atoms with E-state index in [-0.39, 0.29) is 17.1 Å². The highest BCUT2D eigenvalue weighted by atomic mass is 16.6. The zero-order valence-electron chi connectivity index (χ0n) is 17.0. The summed E-state index contributed by atoms with van der Waals surface area (Å²) in [5.74, 6) is -0.350. The molecule has 0 aliphatic rings. The maximum atomic E-state index is 12.3. The van der Waals surface area contributed by atoms with Crippen LogP contribution in [0.2, 0.25) is 0 Å². The molecule has 0 N–H and O–H groups in total. The van der Waals surface area contributed by atoms with Crippen LogP contribution in [0.4, 0.5) is 0 Å². The largest absolute Gasteiger partial charge is 0.492 e. The van der Waals surface area contributed by atoms with E-state index >= 15 is 0 Å². The molecule has 2 rings (SSSR count). The fraction of sp³-hybridized carbons (Fsp3) is 0.364. The highest BCUT2D eigenvalue weighted by molar-refractivity contribution is 5.90. The second kappa shape index (κ2) is 9.78. The first-order valence-corrected chi connectivity index (χ1v) is 9.07. The van der Waals surface area contributed by atoms with Crippen molar-refractivity contribution in [3.05, 3.63) is 51.9 Å². The van der Waals surface area contributed by atoms with Gasteiger partial charge in [-0.05, 0) is 51.8 Å². The Morgan fingerprint density at radius 2 is 1.86 bits per heavy atom. The minimum absolute atomic E-state index is 0.139. The SMILES string of the molecule is COc1c(OC(C)=O)c(=O)oc2c(OCC=C(C)CCC=C(C)C)cccc12. The van der Waals surface area contributed by atoms with Crippen molar-refractivity contribution >= 4 is 16.9 Å². The van der Waals surface area contributed by atoms with Crippen LogP contribution in [0, 0.1) is 0 Å². The molecule has 1 aromatic carbocycles. The van der Waals surface area contributed by atoms with Gasteiger partial charge in [-0.3, -0.25) is 4.79 Å². The fourth-order valence-corrected chi connectivity index (χ4v) is 2.67. The molecular formula is C22H26O6. The van der Waals surface area contributed by atoms with E-state index in [1.165, 1.54) is 25.2 Å². The lowest BCUT2D eigenvalue weighted by molar-refractivity contribution is -0.132. The first-order chi connectivity index (χ1) is 13.3. The van der Waals surface area contributed by atoms with Gasteiger partial charge in [-0.25, -0.2) is 4.79 Å². The van der Waals surface area contributed by atoms with E-state index in [1.807, 2.05) is 6.08 Å². The van der Waals surface area contributed by atoms with Crippen LogP contribution in [0.3, 0.4) is 0 Å². The van der Waals surface area contributed by atoms with Gasteiger partial charge >= 0.3 is 11.6 Å². The number of benzene rings is 1. The van der Waals surface area contributed by atoms with Crippen molar-refractivity contribution in [2.24, 2.45) is 0 Å². The monoisotopic (exact) mass is 386 g/mol. The molecule has 0 unspecified atom stereocenters. The summed E-state index contributed by atoms with van der Waals surface area (Å²) in [6, 6.07) is 5.17. The molecule has 0 amide bonds. The molecule has 0 aliphatic carbocycles. The van der Waals surface area contributed by atoms with Crippen LogP contribution in [0.1, 0.15) is 40.5 Å². The maximum Gasteiger partial charge on any atom is 0.383 e. The lowest BCUT2D eigenvalue weighted by Gasteiger charge is -2.12. The van der Waals surface area contributed by atoms with Gasteiger partial charge in [-0.1, -0.05) is 23.3 Å². The summed E-state index contributed by atoms with van der Waals surface area (Å²) < 4.78 is 21.4.